The van der Waals surface area contributed by atoms with E-state index in [2.05, 4.69) is 17.1 Å². The van der Waals surface area contributed by atoms with Gasteiger partial charge in [-0.1, -0.05) is 13.8 Å². The molecule has 0 amide bonds. The number of nitrogens with one attached hydrogen (secondary N) is 1. The second-order valence-electron chi connectivity index (χ2n) is 5.99. The van der Waals surface area contributed by atoms with Crippen LogP contribution < -0.4 is 5.32 Å². The van der Waals surface area contributed by atoms with Gasteiger partial charge in [0, 0.05) is 50.6 Å². The summed E-state index contributed by atoms with van der Waals surface area (Å²) in [5, 5.41) is 3.35. The van der Waals surface area contributed by atoms with Gasteiger partial charge in [-0.2, -0.15) is 4.31 Å². The van der Waals surface area contributed by atoms with Gasteiger partial charge in [-0.15, -0.1) is 11.3 Å². The third-order valence-electron chi connectivity index (χ3n) is 4.30. The highest BCUT2D eigenvalue weighted by Gasteiger charge is 2.23. The van der Waals surface area contributed by atoms with Crippen LogP contribution in [0.15, 0.2) is 21.3 Å². The summed E-state index contributed by atoms with van der Waals surface area (Å²) in [5.74, 6) is 0.979. The van der Waals surface area contributed by atoms with Gasteiger partial charge < -0.3 is 10.2 Å². The Bertz CT molecular complexity index is 660. The highest BCUT2D eigenvalue weighted by molar-refractivity contribution is 7.91. The topological polar surface area (TPSA) is 65.0 Å². The number of sulfonamides is 1. The summed E-state index contributed by atoms with van der Waals surface area (Å²) in [7, 11) is -3.35. The predicted molar refractivity (Wildman–Crippen MR) is 105 cm³/mol. The molecule has 0 bridgehead atoms. The monoisotopic (exact) mass is 386 g/mol. The van der Waals surface area contributed by atoms with Crippen molar-refractivity contribution < 1.29 is 8.42 Å². The minimum Gasteiger partial charge on any atom is -0.357 e. The van der Waals surface area contributed by atoms with Gasteiger partial charge in [0.1, 0.15) is 4.21 Å². The van der Waals surface area contributed by atoms with Gasteiger partial charge in [0.15, 0.2) is 5.96 Å². The molecule has 0 saturated carbocycles. The normalized spacial score (nSPS) is 16.0. The van der Waals surface area contributed by atoms with Crippen molar-refractivity contribution in [1.29, 1.82) is 0 Å². The standard InChI is InChI=1S/C17H30N4O2S2/c1-4-18-17(20-13-7-8-14-20)19-12-11-15-9-10-16(24-15)25(22,23)21(5-2)6-3/h9-10H,4-8,11-14H2,1-3H3,(H,18,19). The van der Waals surface area contributed by atoms with Crippen LogP contribution >= 0.6 is 11.3 Å². The van der Waals surface area contributed by atoms with E-state index in [1.807, 2.05) is 19.9 Å². The third kappa shape index (κ3) is 5.18. The molecule has 0 aliphatic carbocycles. The molecule has 0 atom stereocenters. The van der Waals surface area contributed by atoms with Crippen LogP contribution in [0.5, 0.6) is 0 Å². The number of thiophene rings is 1. The molecule has 1 saturated heterocycles. The lowest BCUT2D eigenvalue weighted by molar-refractivity contribution is 0.447. The molecule has 2 heterocycles. The Morgan fingerprint density at radius 2 is 1.92 bits per heavy atom. The Morgan fingerprint density at radius 3 is 2.52 bits per heavy atom. The van der Waals surface area contributed by atoms with Crippen molar-refractivity contribution in [3.8, 4) is 0 Å². The van der Waals surface area contributed by atoms with E-state index in [1.54, 1.807) is 6.07 Å². The maximum Gasteiger partial charge on any atom is 0.252 e. The molecular weight excluding hydrogens is 356 g/mol. The van der Waals surface area contributed by atoms with Crippen LogP contribution in [-0.4, -0.2) is 62.9 Å². The van der Waals surface area contributed by atoms with Crippen LogP contribution in [0.3, 0.4) is 0 Å². The lowest BCUT2D eigenvalue weighted by atomic mass is 10.3. The van der Waals surface area contributed by atoms with Gasteiger partial charge in [-0.05, 0) is 31.9 Å². The number of rotatable bonds is 8. The first-order valence-corrected chi connectivity index (χ1v) is 11.4. The zero-order chi connectivity index (χ0) is 18.3. The van der Waals surface area contributed by atoms with Crippen molar-refractivity contribution in [3.63, 3.8) is 0 Å². The maximum atomic E-state index is 12.5. The van der Waals surface area contributed by atoms with Gasteiger partial charge in [0.05, 0.1) is 0 Å². The van der Waals surface area contributed by atoms with E-state index in [1.165, 1.54) is 28.5 Å². The minimum absolute atomic E-state index is 0.432. The molecule has 2 rings (SSSR count). The molecule has 1 aromatic heterocycles. The summed E-state index contributed by atoms with van der Waals surface area (Å²) in [6.45, 7) is 10.5. The molecular formula is C17H30N4O2S2. The van der Waals surface area contributed by atoms with E-state index in [0.29, 0.717) is 23.8 Å². The number of hydrogen-bond donors (Lipinski definition) is 1. The molecule has 1 aliphatic rings. The molecule has 1 fully saturated rings. The Morgan fingerprint density at radius 1 is 1.24 bits per heavy atom. The number of guanidine groups is 1. The lowest BCUT2D eigenvalue weighted by Crippen LogP contribution is -2.39. The molecule has 142 valence electrons. The molecule has 8 heteroatoms. The zero-order valence-electron chi connectivity index (χ0n) is 15.5. The fourth-order valence-electron chi connectivity index (χ4n) is 2.95. The van der Waals surface area contributed by atoms with Crippen molar-refractivity contribution >= 4 is 27.3 Å². The second-order valence-corrected chi connectivity index (χ2v) is 9.32. The van der Waals surface area contributed by atoms with E-state index in [0.717, 1.165) is 36.9 Å². The molecule has 1 aromatic rings. The number of aliphatic imine (C=N–C) groups is 1. The van der Waals surface area contributed by atoms with E-state index in [4.69, 9.17) is 4.99 Å². The van der Waals surface area contributed by atoms with Crippen LogP contribution in [-0.2, 0) is 16.4 Å². The van der Waals surface area contributed by atoms with E-state index in [9.17, 15) is 8.42 Å². The summed E-state index contributed by atoms with van der Waals surface area (Å²) in [5.41, 5.74) is 0. The largest absolute Gasteiger partial charge is 0.357 e. The first kappa shape index (κ1) is 20.2. The van der Waals surface area contributed by atoms with E-state index in [-0.39, 0.29) is 0 Å². The Labute approximate surface area is 156 Å². The average molecular weight is 387 g/mol. The summed E-state index contributed by atoms with van der Waals surface area (Å²) in [4.78, 5) is 8.07. The van der Waals surface area contributed by atoms with Crippen LogP contribution in [0, 0.1) is 0 Å². The van der Waals surface area contributed by atoms with E-state index < -0.39 is 10.0 Å². The van der Waals surface area contributed by atoms with Crippen molar-refractivity contribution in [1.82, 2.24) is 14.5 Å². The minimum atomic E-state index is -3.35. The highest BCUT2D eigenvalue weighted by atomic mass is 32.2. The first-order valence-electron chi connectivity index (χ1n) is 9.15. The Hall–Kier alpha value is -1.12. The SMILES string of the molecule is CCNC(=NCCc1ccc(S(=O)(=O)N(CC)CC)s1)N1CCCC1. The predicted octanol–water partition coefficient (Wildman–Crippen LogP) is 2.38. The number of likely N-dealkylation sites (tertiary alicyclic amines) is 1. The number of nitrogens with zero attached hydrogens (tertiary/aromatic N) is 3. The van der Waals surface area contributed by atoms with Crippen molar-refractivity contribution in [2.24, 2.45) is 4.99 Å². The zero-order valence-corrected chi connectivity index (χ0v) is 17.1. The van der Waals surface area contributed by atoms with Crippen LogP contribution in [0.4, 0.5) is 0 Å². The average Bonchev–Trinajstić information content (AvgIpc) is 3.27. The molecule has 0 aromatic carbocycles. The van der Waals surface area contributed by atoms with Gasteiger partial charge in [0.25, 0.3) is 10.0 Å². The van der Waals surface area contributed by atoms with Crippen LogP contribution in [0.25, 0.3) is 0 Å². The van der Waals surface area contributed by atoms with Gasteiger partial charge >= 0.3 is 0 Å². The molecule has 0 spiro atoms. The summed E-state index contributed by atoms with van der Waals surface area (Å²) in [6.07, 6.45) is 3.21. The fourth-order valence-corrected chi connectivity index (χ4v) is 5.91. The van der Waals surface area contributed by atoms with Crippen molar-refractivity contribution in [3.05, 3.63) is 17.0 Å². The van der Waals surface area contributed by atoms with Crippen molar-refractivity contribution in [2.75, 3.05) is 39.3 Å². The van der Waals surface area contributed by atoms with E-state index >= 15 is 0 Å². The summed E-state index contributed by atoms with van der Waals surface area (Å²) >= 11 is 1.36. The molecule has 6 nitrogen and oxygen atoms in total. The highest BCUT2D eigenvalue weighted by Crippen LogP contribution is 2.25. The molecule has 0 unspecified atom stereocenters. The van der Waals surface area contributed by atoms with Crippen molar-refractivity contribution in [2.45, 2.75) is 44.2 Å². The second kappa shape index (κ2) is 9.54. The fraction of sp³-hybridized carbons (Fsp3) is 0.706. The maximum absolute atomic E-state index is 12.5. The lowest BCUT2D eigenvalue weighted by Gasteiger charge is -2.20. The van der Waals surface area contributed by atoms with Crippen LogP contribution in [0.1, 0.15) is 38.5 Å². The van der Waals surface area contributed by atoms with Gasteiger partial charge in [-0.3, -0.25) is 4.99 Å². The smallest absolute Gasteiger partial charge is 0.252 e. The third-order valence-corrected chi connectivity index (χ3v) is 7.96. The Kier molecular flexibility index (Phi) is 7.71. The molecule has 0 radical (unpaired) electrons. The van der Waals surface area contributed by atoms with Gasteiger partial charge in [-0.25, -0.2) is 8.42 Å². The Balaban J connectivity index is 1.99. The van der Waals surface area contributed by atoms with Gasteiger partial charge in [0.2, 0.25) is 0 Å². The first-order chi connectivity index (χ1) is 12.0. The summed E-state index contributed by atoms with van der Waals surface area (Å²) < 4.78 is 27.0. The quantitative estimate of drug-likeness (QED) is 0.550. The summed E-state index contributed by atoms with van der Waals surface area (Å²) in [6, 6.07) is 3.64. The molecule has 1 aliphatic heterocycles. The van der Waals surface area contributed by atoms with Crippen LogP contribution in [0.2, 0.25) is 0 Å². The molecule has 25 heavy (non-hydrogen) atoms. The number of hydrogen-bond acceptors (Lipinski definition) is 4. The molecule has 1 N–H and O–H groups in total.